The molecule has 0 saturated heterocycles. The number of nitrogens with zero attached hydrogens (tertiary/aromatic N) is 3. The average molecular weight is 268 g/mol. The molecule has 1 rings (SSSR count). The predicted molar refractivity (Wildman–Crippen MR) is 64.6 cm³/mol. The monoisotopic (exact) mass is 267 g/mol. The zero-order valence-electron chi connectivity index (χ0n) is 8.94. The molecule has 0 saturated carbocycles. The molecule has 4 heteroatoms. The fraction of sp³-hybridized carbons (Fsp3) is 0.455. The van der Waals surface area contributed by atoms with Crippen molar-refractivity contribution in [3.8, 4) is 6.07 Å². The number of hydrogen-bond acceptors (Lipinski definition) is 3. The van der Waals surface area contributed by atoms with Crippen LogP contribution in [0.1, 0.15) is 20.3 Å². The SMILES string of the molecule is CC(C)N(CCC#N)c1ncccc1Br. The molecule has 0 atom stereocenters. The number of halogens is 1. The van der Waals surface area contributed by atoms with Crippen LogP contribution >= 0.6 is 15.9 Å². The van der Waals surface area contributed by atoms with E-state index in [1.54, 1.807) is 6.20 Å². The van der Waals surface area contributed by atoms with Gasteiger partial charge in [-0.15, -0.1) is 0 Å². The van der Waals surface area contributed by atoms with Gasteiger partial charge in [0, 0.05) is 18.8 Å². The van der Waals surface area contributed by atoms with Crippen molar-refractivity contribution in [1.82, 2.24) is 4.98 Å². The first-order chi connectivity index (χ1) is 7.16. The molecule has 1 aromatic heterocycles. The van der Waals surface area contributed by atoms with Crippen LogP contribution in [0.5, 0.6) is 0 Å². The lowest BCUT2D eigenvalue weighted by Gasteiger charge is -2.27. The lowest BCUT2D eigenvalue weighted by molar-refractivity contribution is 0.675. The molecule has 1 heterocycles. The van der Waals surface area contributed by atoms with E-state index in [1.165, 1.54) is 0 Å². The van der Waals surface area contributed by atoms with Gasteiger partial charge in [-0.1, -0.05) is 0 Å². The average Bonchev–Trinajstić information content (AvgIpc) is 2.20. The van der Waals surface area contributed by atoms with Crippen LogP contribution in [-0.2, 0) is 0 Å². The maximum atomic E-state index is 8.60. The Morgan fingerprint density at radius 2 is 2.33 bits per heavy atom. The summed E-state index contributed by atoms with van der Waals surface area (Å²) in [6.45, 7) is 4.90. The number of rotatable bonds is 4. The number of anilines is 1. The molecule has 0 radical (unpaired) electrons. The Bertz CT molecular complexity index is 357. The predicted octanol–water partition coefficient (Wildman–Crippen LogP) is 2.97. The van der Waals surface area contributed by atoms with Crippen molar-refractivity contribution in [3.63, 3.8) is 0 Å². The largest absolute Gasteiger partial charge is 0.352 e. The van der Waals surface area contributed by atoms with Gasteiger partial charge in [0.05, 0.1) is 17.0 Å². The Morgan fingerprint density at radius 3 is 2.87 bits per heavy atom. The summed E-state index contributed by atoms with van der Waals surface area (Å²) in [6, 6.07) is 6.34. The quantitative estimate of drug-likeness (QED) is 0.842. The van der Waals surface area contributed by atoms with E-state index in [4.69, 9.17) is 5.26 Å². The summed E-state index contributed by atoms with van der Waals surface area (Å²) in [5.41, 5.74) is 0. The van der Waals surface area contributed by atoms with Crippen molar-refractivity contribution >= 4 is 21.7 Å². The first-order valence-corrected chi connectivity index (χ1v) is 5.70. The minimum Gasteiger partial charge on any atom is -0.352 e. The van der Waals surface area contributed by atoms with E-state index in [0.717, 1.165) is 10.3 Å². The van der Waals surface area contributed by atoms with Crippen LogP contribution in [0.3, 0.4) is 0 Å². The van der Waals surface area contributed by atoms with Crippen LogP contribution in [0.4, 0.5) is 5.82 Å². The van der Waals surface area contributed by atoms with Crippen molar-refractivity contribution in [2.75, 3.05) is 11.4 Å². The molecule has 0 aliphatic rings. The highest BCUT2D eigenvalue weighted by molar-refractivity contribution is 9.10. The number of nitriles is 1. The molecule has 0 unspecified atom stereocenters. The molecule has 0 bridgehead atoms. The Labute approximate surface area is 98.9 Å². The topological polar surface area (TPSA) is 39.9 Å². The van der Waals surface area contributed by atoms with Gasteiger partial charge in [0.15, 0.2) is 0 Å². The molecular weight excluding hydrogens is 254 g/mol. The van der Waals surface area contributed by atoms with Gasteiger partial charge in [-0.05, 0) is 41.9 Å². The lowest BCUT2D eigenvalue weighted by Crippen LogP contribution is -2.32. The minimum atomic E-state index is 0.338. The Kier molecular flexibility index (Phi) is 4.57. The molecule has 3 nitrogen and oxygen atoms in total. The summed E-state index contributed by atoms with van der Waals surface area (Å²) in [6.07, 6.45) is 2.28. The number of pyridine rings is 1. The van der Waals surface area contributed by atoms with Crippen LogP contribution in [0.2, 0.25) is 0 Å². The Hall–Kier alpha value is -1.08. The molecule has 1 aromatic rings. The third-order valence-electron chi connectivity index (χ3n) is 2.10. The summed E-state index contributed by atoms with van der Waals surface area (Å²) in [4.78, 5) is 6.44. The second-order valence-corrected chi connectivity index (χ2v) is 4.36. The third-order valence-corrected chi connectivity index (χ3v) is 2.72. The van der Waals surface area contributed by atoms with Gasteiger partial charge in [-0.2, -0.15) is 5.26 Å². The second-order valence-electron chi connectivity index (χ2n) is 3.50. The van der Waals surface area contributed by atoms with E-state index in [-0.39, 0.29) is 0 Å². The van der Waals surface area contributed by atoms with Crippen LogP contribution in [0, 0.1) is 11.3 Å². The molecule has 0 fully saturated rings. The van der Waals surface area contributed by atoms with E-state index in [2.05, 4.69) is 45.7 Å². The minimum absolute atomic E-state index is 0.338. The van der Waals surface area contributed by atoms with Crippen LogP contribution < -0.4 is 4.90 Å². The molecule has 0 amide bonds. The maximum absolute atomic E-state index is 8.60. The molecule has 0 spiro atoms. The van der Waals surface area contributed by atoms with Crippen LogP contribution in [-0.4, -0.2) is 17.6 Å². The van der Waals surface area contributed by atoms with Gasteiger partial charge in [0.25, 0.3) is 0 Å². The van der Waals surface area contributed by atoms with Gasteiger partial charge < -0.3 is 4.90 Å². The van der Waals surface area contributed by atoms with Crippen molar-refractivity contribution in [2.45, 2.75) is 26.3 Å². The maximum Gasteiger partial charge on any atom is 0.143 e. The highest BCUT2D eigenvalue weighted by Gasteiger charge is 2.13. The highest BCUT2D eigenvalue weighted by Crippen LogP contribution is 2.24. The fourth-order valence-corrected chi connectivity index (χ4v) is 1.85. The van der Waals surface area contributed by atoms with Crippen molar-refractivity contribution in [3.05, 3.63) is 22.8 Å². The van der Waals surface area contributed by atoms with Crippen LogP contribution in [0.25, 0.3) is 0 Å². The first-order valence-electron chi connectivity index (χ1n) is 4.91. The molecule has 0 aliphatic carbocycles. The summed E-state index contributed by atoms with van der Waals surface area (Å²) in [5.74, 6) is 0.905. The van der Waals surface area contributed by atoms with Crippen molar-refractivity contribution < 1.29 is 0 Å². The van der Waals surface area contributed by atoms with Crippen molar-refractivity contribution in [1.29, 1.82) is 5.26 Å². The van der Waals surface area contributed by atoms with E-state index < -0.39 is 0 Å². The van der Waals surface area contributed by atoms with Gasteiger partial charge in [0.1, 0.15) is 5.82 Å². The molecule has 15 heavy (non-hydrogen) atoms. The Balaban J connectivity index is 2.90. The smallest absolute Gasteiger partial charge is 0.143 e. The molecule has 0 N–H and O–H groups in total. The van der Waals surface area contributed by atoms with Gasteiger partial charge in [-0.3, -0.25) is 0 Å². The number of hydrogen-bond donors (Lipinski definition) is 0. The Morgan fingerprint density at radius 1 is 1.60 bits per heavy atom. The first kappa shape index (κ1) is 12.0. The zero-order valence-corrected chi connectivity index (χ0v) is 10.5. The summed E-state index contributed by atoms with van der Waals surface area (Å²) < 4.78 is 0.969. The lowest BCUT2D eigenvalue weighted by atomic mass is 10.3. The van der Waals surface area contributed by atoms with Gasteiger partial charge >= 0.3 is 0 Å². The summed E-state index contributed by atoms with van der Waals surface area (Å²) >= 11 is 3.47. The van der Waals surface area contributed by atoms with Crippen molar-refractivity contribution in [2.24, 2.45) is 0 Å². The van der Waals surface area contributed by atoms with E-state index in [9.17, 15) is 0 Å². The molecular formula is C11H14BrN3. The van der Waals surface area contributed by atoms with Crippen LogP contribution in [0.15, 0.2) is 22.8 Å². The second kappa shape index (κ2) is 5.72. The summed E-state index contributed by atoms with van der Waals surface area (Å²) in [5, 5.41) is 8.60. The van der Waals surface area contributed by atoms with E-state index in [1.807, 2.05) is 12.1 Å². The molecule has 0 aliphatic heterocycles. The fourth-order valence-electron chi connectivity index (χ4n) is 1.37. The normalized spacial score (nSPS) is 10.1. The summed E-state index contributed by atoms with van der Waals surface area (Å²) in [7, 11) is 0. The zero-order chi connectivity index (χ0) is 11.3. The molecule has 0 aromatic carbocycles. The van der Waals surface area contributed by atoms with Gasteiger partial charge in [0.2, 0.25) is 0 Å². The van der Waals surface area contributed by atoms with E-state index in [0.29, 0.717) is 19.0 Å². The van der Waals surface area contributed by atoms with Gasteiger partial charge in [-0.25, -0.2) is 4.98 Å². The third kappa shape index (κ3) is 3.21. The van der Waals surface area contributed by atoms with E-state index >= 15 is 0 Å². The highest BCUT2D eigenvalue weighted by atomic mass is 79.9. The standard InChI is InChI=1S/C11H14BrN3/c1-9(2)15(8-4-6-13)11-10(12)5-3-7-14-11/h3,5,7,9H,4,8H2,1-2H3. The number of aromatic nitrogens is 1. The molecule has 80 valence electrons.